The van der Waals surface area contributed by atoms with E-state index in [1.807, 2.05) is 25.1 Å². The van der Waals surface area contributed by atoms with Gasteiger partial charge in [-0.2, -0.15) is 0 Å². The second kappa shape index (κ2) is 5.87. The summed E-state index contributed by atoms with van der Waals surface area (Å²) in [5.41, 5.74) is 1.19. The van der Waals surface area contributed by atoms with Gasteiger partial charge in [0, 0.05) is 6.54 Å². The van der Waals surface area contributed by atoms with Crippen molar-refractivity contribution in [3.8, 4) is 0 Å². The smallest absolute Gasteiger partial charge is 0.243 e. The Labute approximate surface area is 113 Å². The molecule has 1 heterocycles. The highest BCUT2D eigenvalue weighted by Gasteiger charge is 2.33. The third-order valence-electron chi connectivity index (χ3n) is 3.64. The Morgan fingerprint density at radius 3 is 2.63 bits per heavy atom. The Morgan fingerprint density at radius 2 is 2.00 bits per heavy atom. The predicted molar refractivity (Wildman–Crippen MR) is 73.7 cm³/mol. The Morgan fingerprint density at radius 1 is 1.32 bits per heavy atom. The van der Waals surface area contributed by atoms with Crippen molar-refractivity contribution in [3.63, 3.8) is 0 Å². The van der Waals surface area contributed by atoms with Crippen LogP contribution in [0, 0.1) is 0 Å². The van der Waals surface area contributed by atoms with Crippen molar-refractivity contribution in [1.29, 1.82) is 0 Å². The summed E-state index contributed by atoms with van der Waals surface area (Å²) in [6.45, 7) is 4.73. The lowest BCUT2D eigenvalue weighted by Crippen LogP contribution is -2.58. The van der Waals surface area contributed by atoms with Crippen LogP contribution >= 0.6 is 0 Å². The SMILES string of the molecule is CCC1C(=O)NCC(=O)N1CC(C)c1ccccc1. The molecule has 0 bridgehead atoms. The Bertz CT molecular complexity index is 458. The van der Waals surface area contributed by atoms with Gasteiger partial charge in [0.15, 0.2) is 0 Å². The minimum Gasteiger partial charge on any atom is -0.345 e. The van der Waals surface area contributed by atoms with E-state index in [1.54, 1.807) is 4.90 Å². The largest absolute Gasteiger partial charge is 0.345 e. The summed E-state index contributed by atoms with van der Waals surface area (Å²) < 4.78 is 0. The van der Waals surface area contributed by atoms with Crippen molar-refractivity contribution in [2.24, 2.45) is 0 Å². The van der Waals surface area contributed by atoms with Crippen molar-refractivity contribution in [3.05, 3.63) is 35.9 Å². The number of nitrogens with one attached hydrogen (secondary N) is 1. The minimum atomic E-state index is -0.326. The van der Waals surface area contributed by atoms with Gasteiger partial charge in [-0.1, -0.05) is 44.2 Å². The molecule has 0 spiro atoms. The first-order valence-electron chi connectivity index (χ1n) is 6.75. The fraction of sp³-hybridized carbons (Fsp3) is 0.467. The third kappa shape index (κ3) is 2.95. The average Bonchev–Trinajstić information content (AvgIpc) is 2.44. The number of rotatable bonds is 4. The van der Waals surface area contributed by atoms with Gasteiger partial charge in [-0.3, -0.25) is 9.59 Å². The minimum absolute atomic E-state index is 0.00855. The predicted octanol–water partition coefficient (Wildman–Crippen LogP) is 1.53. The number of amides is 2. The Hall–Kier alpha value is -1.84. The van der Waals surface area contributed by atoms with Crippen molar-refractivity contribution in [2.45, 2.75) is 32.2 Å². The monoisotopic (exact) mass is 260 g/mol. The molecule has 2 atom stereocenters. The van der Waals surface area contributed by atoms with E-state index in [9.17, 15) is 9.59 Å². The van der Waals surface area contributed by atoms with Crippen LogP contribution in [0.15, 0.2) is 30.3 Å². The summed E-state index contributed by atoms with van der Waals surface area (Å²) in [6, 6.07) is 9.75. The van der Waals surface area contributed by atoms with Gasteiger partial charge in [-0.25, -0.2) is 0 Å². The van der Waals surface area contributed by atoms with Crippen molar-refractivity contribution < 1.29 is 9.59 Å². The normalized spacial score (nSPS) is 21.2. The molecule has 2 rings (SSSR count). The molecule has 0 saturated carbocycles. The number of hydrogen-bond donors (Lipinski definition) is 1. The molecule has 1 aromatic rings. The van der Waals surface area contributed by atoms with Gasteiger partial charge in [-0.15, -0.1) is 0 Å². The second-order valence-corrected chi connectivity index (χ2v) is 5.00. The summed E-state index contributed by atoms with van der Waals surface area (Å²) in [7, 11) is 0. The molecule has 4 heteroatoms. The molecule has 1 aliphatic rings. The molecule has 1 aromatic carbocycles. The number of carbonyl (C=O) groups is 2. The van der Waals surface area contributed by atoms with Crippen molar-refractivity contribution in [1.82, 2.24) is 10.2 Å². The van der Waals surface area contributed by atoms with Crippen LogP contribution in [0.3, 0.4) is 0 Å². The number of hydrogen-bond acceptors (Lipinski definition) is 2. The fourth-order valence-electron chi connectivity index (χ4n) is 2.51. The Kier molecular flexibility index (Phi) is 4.20. The average molecular weight is 260 g/mol. The summed E-state index contributed by atoms with van der Waals surface area (Å²) >= 11 is 0. The molecular formula is C15H20N2O2. The molecule has 19 heavy (non-hydrogen) atoms. The maximum Gasteiger partial charge on any atom is 0.243 e. The van der Waals surface area contributed by atoms with E-state index in [-0.39, 0.29) is 30.3 Å². The summed E-state index contributed by atoms with van der Waals surface area (Å²) in [4.78, 5) is 25.5. The second-order valence-electron chi connectivity index (χ2n) is 5.00. The summed E-state index contributed by atoms with van der Waals surface area (Å²) in [5.74, 6) is 0.196. The molecule has 1 saturated heterocycles. The third-order valence-corrected chi connectivity index (χ3v) is 3.64. The number of carbonyl (C=O) groups excluding carboxylic acids is 2. The lowest BCUT2D eigenvalue weighted by molar-refractivity contribution is -0.145. The van der Waals surface area contributed by atoms with Gasteiger partial charge in [0.25, 0.3) is 0 Å². The quantitative estimate of drug-likeness (QED) is 0.892. The van der Waals surface area contributed by atoms with E-state index in [2.05, 4.69) is 24.4 Å². The number of nitrogens with zero attached hydrogens (tertiary/aromatic N) is 1. The van der Waals surface area contributed by atoms with Gasteiger partial charge >= 0.3 is 0 Å². The van der Waals surface area contributed by atoms with Gasteiger partial charge in [0.2, 0.25) is 11.8 Å². The first kappa shape index (κ1) is 13.6. The van der Waals surface area contributed by atoms with E-state index >= 15 is 0 Å². The Balaban J connectivity index is 2.11. The molecule has 1 fully saturated rings. The van der Waals surface area contributed by atoms with E-state index in [0.717, 1.165) is 0 Å². The van der Waals surface area contributed by atoms with Crippen LogP contribution in [0.4, 0.5) is 0 Å². The van der Waals surface area contributed by atoms with Gasteiger partial charge in [0.05, 0.1) is 6.54 Å². The highest BCUT2D eigenvalue weighted by Crippen LogP contribution is 2.19. The van der Waals surface area contributed by atoms with Crippen LogP contribution in [0.5, 0.6) is 0 Å². The maximum atomic E-state index is 12.0. The molecule has 102 valence electrons. The van der Waals surface area contributed by atoms with Gasteiger partial charge < -0.3 is 10.2 Å². The van der Waals surface area contributed by atoms with Crippen LogP contribution in [0.2, 0.25) is 0 Å². The molecular weight excluding hydrogens is 240 g/mol. The summed E-state index contributed by atoms with van der Waals surface area (Å²) in [5, 5.41) is 2.65. The van der Waals surface area contributed by atoms with Crippen LogP contribution in [-0.2, 0) is 9.59 Å². The molecule has 2 amide bonds. The van der Waals surface area contributed by atoms with E-state index < -0.39 is 0 Å². The molecule has 1 aliphatic heterocycles. The first-order valence-corrected chi connectivity index (χ1v) is 6.75. The first-order chi connectivity index (χ1) is 9.13. The van der Waals surface area contributed by atoms with E-state index in [1.165, 1.54) is 5.56 Å². The zero-order valence-electron chi connectivity index (χ0n) is 11.4. The summed E-state index contributed by atoms with van der Waals surface area (Å²) in [6.07, 6.45) is 0.652. The van der Waals surface area contributed by atoms with Crippen LogP contribution in [0.25, 0.3) is 0 Å². The van der Waals surface area contributed by atoms with Crippen molar-refractivity contribution in [2.75, 3.05) is 13.1 Å². The number of piperazine rings is 1. The van der Waals surface area contributed by atoms with Gasteiger partial charge in [0.1, 0.15) is 6.04 Å². The lowest BCUT2D eigenvalue weighted by Gasteiger charge is -2.36. The molecule has 4 nitrogen and oxygen atoms in total. The molecule has 2 unspecified atom stereocenters. The van der Waals surface area contributed by atoms with Crippen LogP contribution in [-0.4, -0.2) is 35.8 Å². The molecule has 0 aromatic heterocycles. The molecule has 0 aliphatic carbocycles. The van der Waals surface area contributed by atoms with Crippen molar-refractivity contribution >= 4 is 11.8 Å². The van der Waals surface area contributed by atoms with Crippen LogP contribution < -0.4 is 5.32 Å². The highest BCUT2D eigenvalue weighted by molar-refractivity contribution is 5.94. The highest BCUT2D eigenvalue weighted by atomic mass is 16.2. The molecule has 1 N–H and O–H groups in total. The van der Waals surface area contributed by atoms with E-state index in [4.69, 9.17) is 0 Å². The van der Waals surface area contributed by atoms with Crippen LogP contribution in [0.1, 0.15) is 31.7 Å². The topological polar surface area (TPSA) is 49.4 Å². The molecule has 0 radical (unpaired) electrons. The fourth-order valence-corrected chi connectivity index (χ4v) is 2.51. The van der Waals surface area contributed by atoms with E-state index in [0.29, 0.717) is 13.0 Å². The zero-order chi connectivity index (χ0) is 13.8. The zero-order valence-corrected chi connectivity index (χ0v) is 11.4. The lowest BCUT2D eigenvalue weighted by atomic mass is 9.98. The van der Waals surface area contributed by atoms with Gasteiger partial charge in [-0.05, 0) is 17.9 Å². The standard InChI is InChI=1S/C15H20N2O2/c1-3-13-15(19)16-9-14(18)17(13)10-11(2)12-7-5-4-6-8-12/h4-8,11,13H,3,9-10H2,1-2H3,(H,16,19). The maximum absolute atomic E-state index is 12.0. The number of benzene rings is 1.